The summed E-state index contributed by atoms with van der Waals surface area (Å²) in [4.78, 5) is 0. The molecule has 0 amide bonds. The summed E-state index contributed by atoms with van der Waals surface area (Å²) < 4.78 is 2.28. The third-order valence-electron chi connectivity index (χ3n) is 3.36. The van der Waals surface area contributed by atoms with Crippen LogP contribution in [0.3, 0.4) is 0 Å². The van der Waals surface area contributed by atoms with Gasteiger partial charge in [0.1, 0.15) is 0 Å². The molecule has 1 aromatic heterocycles. The monoisotopic (exact) mass is 300 g/mol. The fourth-order valence-corrected chi connectivity index (χ4v) is 2.52. The molecule has 1 aromatic carbocycles. The topological polar surface area (TPSA) is 41.4 Å². The standard InChI is InChI=1S/C16H20N4S/c1-4-10-17-16(21)19-18-11-14-12(3)20(5-2)15-9-7-6-8-13(14)15/h4,6-9,11H,1,5,10H2,2-3H3,(H2,17,19,21)/b18-11+. The van der Waals surface area contributed by atoms with E-state index in [0.717, 1.165) is 12.1 Å². The Balaban J connectivity index is 2.24. The number of para-hydroxylation sites is 1. The zero-order valence-corrected chi connectivity index (χ0v) is 13.2. The van der Waals surface area contributed by atoms with E-state index in [1.165, 1.54) is 16.6 Å². The highest BCUT2D eigenvalue weighted by atomic mass is 32.1. The van der Waals surface area contributed by atoms with Crippen LogP contribution in [0.15, 0.2) is 42.0 Å². The minimum atomic E-state index is 0.489. The van der Waals surface area contributed by atoms with Crippen molar-refractivity contribution in [2.75, 3.05) is 6.54 Å². The summed E-state index contributed by atoms with van der Waals surface area (Å²) in [7, 11) is 0. The van der Waals surface area contributed by atoms with Gasteiger partial charge in [-0.3, -0.25) is 5.43 Å². The van der Waals surface area contributed by atoms with E-state index in [9.17, 15) is 0 Å². The van der Waals surface area contributed by atoms with Crippen molar-refractivity contribution in [1.29, 1.82) is 0 Å². The molecule has 0 saturated heterocycles. The van der Waals surface area contributed by atoms with Gasteiger partial charge in [0.15, 0.2) is 5.11 Å². The Bertz CT molecular complexity index is 685. The van der Waals surface area contributed by atoms with Gasteiger partial charge in [-0.05, 0) is 32.1 Å². The Morgan fingerprint density at radius 3 is 2.90 bits per heavy atom. The van der Waals surface area contributed by atoms with Crippen LogP contribution in [0.4, 0.5) is 0 Å². The van der Waals surface area contributed by atoms with Gasteiger partial charge >= 0.3 is 0 Å². The van der Waals surface area contributed by atoms with Crippen molar-refractivity contribution < 1.29 is 0 Å². The largest absolute Gasteiger partial charge is 0.358 e. The maximum absolute atomic E-state index is 5.10. The number of rotatable bonds is 5. The van der Waals surface area contributed by atoms with Crippen LogP contribution in [0, 0.1) is 6.92 Å². The molecule has 0 radical (unpaired) electrons. The average Bonchev–Trinajstić information content (AvgIpc) is 2.77. The smallest absolute Gasteiger partial charge is 0.187 e. The first-order valence-electron chi connectivity index (χ1n) is 6.94. The molecule has 0 unspecified atom stereocenters. The van der Waals surface area contributed by atoms with Gasteiger partial charge in [0.25, 0.3) is 0 Å². The quantitative estimate of drug-likeness (QED) is 0.386. The molecular formula is C16H20N4S. The Kier molecular flexibility index (Phi) is 5.11. The molecular weight excluding hydrogens is 280 g/mol. The van der Waals surface area contributed by atoms with Crippen molar-refractivity contribution in [3.63, 3.8) is 0 Å². The van der Waals surface area contributed by atoms with Crippen LogP contribution in [0.25, 0.3) is 10.9 Å². The highest BCUT2D eigenvalue weighted by Gasteiger charge is 2.10. The zero-order valence-electron chi connectivity index (χ0n) is 12.4. The van der Waals surface area contributed by atoms with E-state index in [1.807, 2.05) is 12.3 Å². The van der Waals surface area contributed by atoms with Crippen molar-refractivity contribution in [2.24, 2.45) is 5.10 Å². The molecule has 2 N–H and O–H groups in total. The van der Waals surface area contributed by atoms with Gasteiger partial charge in [0.05, 0.1) is 6.21 Å². The predicted molar refractivity (Wildman–Crippen MR) is 93.9 cm³/mol. The van der Waals surface area contributed by atoms with Gasteiger partial charge in [-0.2, -0.15) is 5.10 Å². The van der Waals surface area contributed by atoms with Crippen molar-refractivity contribution in [1.82, 2.24) is 15.3 Å². The molecule has 0 fully saturated rings. The molecule has 1 heterocycles. The molecule has 0 aliphatic heterocycles. The lowest BCUT2D eigenvalue weighted by Crippen LogP contribution is -2.31. The van der Waals surface area contributed by atoms with E-state index < -0.39 is 0 Å². The Morgan fingerprint density at radius 1 is 1.43 bits per heavy atom. The average molecular weight is 300 g/mol. The van der Waals surface area contributed by atoms with Crippen LogP contribution >= 0.6 is 12.2 Å². The number of nitrogens with one attached hydrogen (secondary N) is 2. The van der Waals surface area contributed by atoms with Crippen LogP contribution in [-0.4, -0.2) is 22.4 Å². The summed E-state index contributed by atoms with van der Waals surface area (Å²) in [5.41, 5.74) is 6.37. The second-order valence-corrected chi connectivity index (χ2v) is 5.04. The first kappa shape index (κ1) is 15.3. The Labute approximate surface area is 130 Å². The zero-order chi connectivity index (χ0) is 15.2. The summed E-state index contributed by atoms with van der Waals surface area (Å²) in [5, 5.41) is 8.89. The van der Waals surface area contributed by atoms with E-state index in [1.54, 1.807) is 6.08 Å². The molecule has 110 valence electrons. The lowest BCUT2D eigenvalue weighted by Gasteiger charge is -2.04. The molecule has 2 rings (SSSR count). The first-order chi connectivity index (χ1) is 10.2. The molecule has 4 nitrogen and oxygen atoms in total. The van der Waals surface area contributed by atoms with E-state index in [-0.39, 0.29) is 0 Å². The van der Waals surface area contributed by atoms with E-state index in [4.69, 9.17) is 12.2 Å². The van der Waals surface area contributed by atoms with Crippen LogP contribution in [0.2, 0.25) is 0 Å². The number of thiocarbonyl (C=S) groups is 1. The highest BCUT2D eigenvalue weighted by Crippen LogP contribution is 2.24. The van der Waals surface area contributed by atoms with Crippen molar-refractivity contribution in [2.45, 2.75) is 20.4 Å². The summed E-state index contributed by atoms with van der Waals surface area (Å²) in [6, 6.07) is 8.35. The normalized spacial score (nSPS) is 11.0. The molecule has 0 aliphatic carbocycles. The molecule has 0 bridgehead atoms. The van der Waals surface area contributed by atoms with Gasteiger partial charge in [-0.1, -0.05) is 24.3 Å². The minimum Gasteiger partial charge on any atom is -0.358 e. The summed E-state index contributed by atoms with van der Waals surface area (Å²) in [6.07, 6.45) is 3.57. The Morgan fingerprint density at radius 2 is 2.19 bits per heavy atom. The Hall–Kier alpha value is -2.14. The number of benzene rings is 1. The fourth-order valence-electron chi connectivity index (χ4n) is 2.39. The van der Waals surface area contributed by atoms with E-state index in [0.29, 0.717) is 11.7 Å². The predicted octanol–water partition coefficient (Wildman–Crippen LogP) is 2.95. The van der Waals surface area contributed by atoms with Crippen LogP contribution in [0.5, 0.6) is 0 Å². The number of fused-ring (bicyclic) bond motifs is 1. The molecule has 21 heavy (non-hydrogen) atoms. The second kappa shape index (κ2) is 7.04. The fraction of sp³-hybridized carbons (Fsp3) is 0.250. The minimum absolute atomic E-state index is 0.489. The number of aromatic nitrogens is 1. The maximum Gasteiger partial charge on any atom is 0.187 e. The first-order valence-corrected chi connectivity index (χ1v) is 7.35. The number of aryl methyl sites for hydroxylation is 1. The highest BCUT2D eigenvalue weighted by molar-refractivity contribution is 7.80. The SMILES string of the molecule is C=CCNC(=S)N/N=C/c1c(C)n(CC)c2ccccc12. The lowest BCUT2D eigenvalue weighted by atomic mass is 10.1. The van der Waals surface area contributed by atoms with Crippen molar-refractivity contribution in [3.8, 4) is 0 Å². The molecule has 0 atom stereocenters. The number of nitrogens with zero attached hydrogens (tertiary/aromatic N) is 2. The van der Waals surface area contributed by atoms with E-state index >= 15 is 0 Å². The molecule has 0 aliphatic rings. The third kappa shape index (κ3) is 3.31. The molecule has 0 saturated carbocycles. The second-order valence-electron chi connectivity index (χ2n) is 4.63. The third-order valence-corrected chi connectivity index (χ3v) is 3.60. The summed E-state index contributed by atoms with van der Waals surface area (Å²) in [5.74, 6) is 0. The maximum atomic E-state index is 5.10. The van der Waals surface area contributed by atoms with Crippen molar-refractivity contribution in [3.05, 3.63) is 48.2 Å². The van der Waals surface area contributed by atoms with Gasteiger partial charge < -0.3 is 9.88 Å². The summed E-state index contributed by atoms with van der Waals surface area (Å²) >= 11 is 5.10. The molecule has 2 aromatic rings. The van der Waals surface area contributed by atoms with Gasteiger partial charge in [-0.15, -0.1) is 6.58 Å². The molecule has 5 heteroatoms. The molecule has 0 spiro atoms. The van der Waals surface area contributed by atoms with Crippen molar-refractivity contribution >= 4 is 34.4 Å². The number of hydrazone groups is 1. The number of hydrogen-bond donors (Lipinski definition) is 2. The van der Waals surface area contributed by atoms with Crippen LogP contribution in [0.1, 0.15) is 18.2 Å². The summed E-state index contributed by atoms with van der Waals surface area (Å²) in [6.45, 7) is 9.44. The number of hydrogen-bond acceptors (Lipinski definition) is 2. The van der Waals surface area contributed by atoms with Gasteiger partial charge in [0, 0.05) is 35.2 Å². The lowest BCUT2D eigenvalue weighted by molar-refractivity contribution is 0.769. The van der Waals surface area contributed by atoms with Crippen LogP contribution < -0.4 is 10.7 Å². The van der Waals surface area contributed by atoms with Gasteiger partial charge in [0.2, 0.25) is 0 Å². The van der Waals surface area contributed by atoms with E-state index in [2.05, 4.69) is 59.0 Å². The van der Waals surface area contributed by atoms with Crippen LogP contribution in [-0.2, 0) is 6.54 Å². The van der Waals surface area contributed by atoms with Gasteiger partial charge in [-0.25, -0.2) is 0 Å².